The van der Waals surface area contributed by atoms with Crippen molar-refractivity contribution in [1.29, 1.82) is 0 Å². The Labute approximate surface area is 208 Å². The number of rotatable bonds is 9. The largest absolute Gasteiger partial charge is 0.495 e. The lowest BCUT2D eigenvalue weighted by Gasteiger charge is -2.22. The summed E-state index contributed by atoms with van der Waals surface area (Å²) in [6.45, 7) is 5.64. The molecule has 0 spiro atoms. The number of aliphatic imine (C=N–C) groups is 1. The van der Waals surface area contributed by atoms with Gasteiger partial charge in [-0.1, -0.05) is 42.5 Å². The maximum absolute atomic E-state index is 12.1. The summed E-state index contributed by atoms with van der Waals surface area (Å²) >= 11 is 0. The Hall–Kier alpha value is -2.49. The molecular weight excluding hydrogens is 517 g/mol. The van der Waals surface area contributed by atoms with Crippen molar-refractivity contribution < 1.29 is 9.53 Å². The van der Waals surface area contributed by atoms with Crippen LogP contribution in [0.1, 0.15) is 25.3 Å². The average Bonchev–Trinajstić information content (AvgIpc) is 3.26. The van der Waals surface area contributed by atoms with Crippen LogP contribution in [0.3, 0.4) is 0 Å². The number of ether oxygens (including phenoxy) is 1. The van der Waals surface area contributed by atoms with Crippen molar-refractivity contribution in [2.75, 3.05) is 38.2 Å². The molecule has 32 heavy (non-hydrogen) atoms. The van der Waals surface area contributed by atoms with E-state index >= 15 is 0 Å². The molecule has 0 aromatic heterocycles. The van der Waals surface area contributed by atoms with E-state index in [0.29, 0.717) is 19.5 Å². The summed E-state index contributed by atoms with van der Waals surface area (Å²) in [5.41, 5.74) is 2.21. The number of anilines is 1. The fourth-order valence-electron chi connectivity index (χ4n) is 3.66. The fraction of sp³-hybridized carbons (Fsp3) is 0.417. The van der Waals surface area contributed by atoms with Crippen molar-refractivity contribution in [1.82, 2.24) is 16.0 Å². The maximum Gasteiger partial charge on any atom is 0.222 e. The predicted molar refractivity (Wildman–Crippen MR) is 141 cm³/mol. The first-order chi connectivity index (χ1) is 15.2. The van der Waals surface area contributed by atoms with Gasteiger partial charge in [-0.2, -0.15) is 0 Å². The van der Waals surface area contributed by atoms with Crippen LogP contribution >= 0.6 is 24.0 Å². The zero-order valence-corrected chi connectivity index (χ0v) is 21.2. The Morgan fingerprint density at radius 3 is 2.62 bits per heavy atom. The van der Waals surface area contributed by atoms with Crippen molar-refractivity contribution >= 4 is 41.5 Å². The van der Waals surface area contributed by atoms with Gasteiger partial charge >= 0.3 is 0 Å². The highest BCUT2D eigenvalue weighted by Gasteiger charge is 2.25. The third kappa shape index (κ3) is 7.89. The summed E-state index contributed by atoms with van der Waals surface area (Å²) in [7, 11) is 1.70. The standard InChI is InChI=1S/C24H33N5O2.HI/c1-3-25-24(26-15-13-23(30)27-17-19-9-5-4-6-10-19)28-20-14-16-29(18-20)21-11-7-8-12-22(21)31-2;/h4-12,20H,3,13-18H2,1-2H3,(H,27,30)(H2,25,26,28);1H. The first-order valence-electron chi connectivity index (χ1n) is 10.9. The lowest BCUT2D eigenvalue weighted by Crippen LogP contribution is -2.44. The predicted octanol–water partition coefficient (Wildman–Crippen LogP) is 3.15. The Morgan fingerprint density at radius 1 is 1.12 bits per heavy atom. The van der Waals surface area contributed by atoms with Gasteiger partial charge in [0.2, 0.25) is 5.91 Å². The number of hydrogen-bond acceptors (Lipinski definition) is 4. The molecule has 1 heterocycles. The van der Waals surface area contributed by atoms with Gasteiger partial charge in [-0.15, -0.1) is 24.0 Å². The Morgan fingerprint density at radius 2 is 1.88 bits per heavy atom. The Kier molecular flexibility index (Phi) is 11.1. The molecule has 1 fully saturated rings. The van der Waals surface area contributed by atoms with Crippen LogP contribution in [0, 0.1) is 0 Å². The number of halogens is 1. The minimum Gasteiger partial charge on any atom is -0.495 e. The quantitative estimate of drug-likeness (QED) is 0.254. The minimum absolute atomic E-state index is 0. The zero-order valence-electron chi connectivity index (χ0n) is 18.8. The molecule has 3 N–H and O–H groups in total. The van der Waals surface area contributed by atoms with E-state index in [4.69, 9.17) is 4.74 Å². The molecule has 2 aromatic rings. The second-order valence-corrected chi connectivity index (χ2v) is 7.52. The number of amides is 1. The van der Waals surface area contributed by atoms with Crippen LogP contribution in [-0.4, -0.2) is 51.2 Å². The first kappa shape index (κ1) is 25.8. The molecule has 2 aromatic carbocycles. The van der Waals surface area contributed by atoms with E-state index in [1.54, 1.807) is 7.11 Å². The van der Waals surface area contributed by atoms with Crippen molar-refractivity contribution in [3.8, 4) is 5.75 Å². The highest BCUT2D eigenvalue weighted by molar-refractivity contribution is 14.0. The molecule has 0 saturated carbocycles. The third-order valence-corrected chi connectivity index (χ3v) is 5.24. The van der Waals surface area contributed by atoms with Crippen molar-refractivity contribution in [2.24, 2.45) is 4.99 Å². The van der Waals surface area contributed by atoms with Gasteiger partial charge in [0.1, 0.15) is 5.75 Å². The van der Waals surface area contributed by atoms with Gasteiger partial charge in [-0.25, -0.2) is 0 Å². The molecule has 1 atom stereocenters. The summed E-state index contributed by atoms with van der Waals surface area (Å²) in [6.07, 6.45) is 1.38. The van der Waals surface area contributed by atoms with E-state index in [-0.39, 0.29) is 35.9 Å². The molecule has 1 aliphatic rings. The number of nitrogens with one attached hydrogen (secondary N) is 3. The summed E-state index contributed by atoms with van der Waals surface area (Å²) in [5, 5.41) is 9.74. The van der Waals surface area contributed by atoms with Crippen LogP contribution in [0.15, 0.2) is 59.6 Å². The summed E-state index contributed by atoms with van der Waals surface area (Å²) in [6, 6.07) is 18.3. The van der Waals surface area contributed by atoms with E-state index in [0.717, 1.165) is 49.0 Å². The van der Waals surface area contributed by atoms with Crippen molar-refractivity contribution in [3.63, 3.8) is 0 Å². The van der Waals surface area contributed by atoms with E-state index in [2.05, 4.69) is 31.9 Å². The van der Waals surface area contributed by atoms with E-state index < -0.39 is 0 Å². The van der Waals surface area contributed by atoms with Crippen LogP contribution < -0.4 is 25.6 Å². The summed E-state index contributed by atoms with van der Waals surface area (Å²) in [5.74, 6) is 1.65. The van der Waals surface area contributed by atoms with Gasteiger partial charge in [0.25, 0.3) is 0 Å². The van der Waals surface area contributed by atoms with E-state index in [1.807, 2.05) is 55.5 Å². The molecule has 1 unspecified atom stereocenters. The molecular formula is C24H34IN5O2. The Balaban J connectivity index is 0.00000363. The fourth-order valence-corrected chi connectivity index (χ4v) is 3.66. The van der Waals surface area contributed by atoms with Crippen LogP contribution in [-0.2, 0) is 11.3 Å². The van der Waals surface area contributed by atoms with Crippen LogP contribution in [0.2, 0.25) is 0 Å². The molecule has 0 aliphatic carbocycles. The molecule has 1 amide bonds. The zero-order chi connectivity index (χ0) is 21.9. The number of para-hydroxylation sites is 2. The molecule has 0 bridgehead atoms. The molecule has 7 nitrogen and oxygen atoms in total. The van der Waals surface area contributed by atoms with Gasteiger partial charge in [-0.05, 0) is 31.0 Å². The summed E-state index contributed by atoms with van der Waals surface area (Å²) in [4.78, 5) is 19.0. The van der Waals surface area contributed by atoms with Crippen LogP contribution in [0.4, 0.5) is 5.69 Å². The monoisotopic (exact) mass is 551 g/mol. The lowest BCUT2D eigenvalue weighted by molar-refractivity contribution is -0.121. The number of nitrogens with zero attached hydrogens (tertiary/aromatic N) is 2. The number of guanidine groups is 1. The van der Waals surface area contributed by atoms with Gasteiger partial charge in [0.05, 0.1) is 19.3 Å². The smallest absolute Gasteiger partial charge is 0.222 e. The van der Waals surface area contributed by atoms with Crippen molar-refractivity contribution in [2.45, 2.75) is 32.4 Å². The SMILES string of the molecule is CCNC(=NCCC(=O)NCc1ccccc1)NC1CCN(c2ccccc2OC)C1.I. The van der Waals surface area contributed by atoms with Crippen LogP contribution in [0.25, 0.3) is 0 Å². The Bertz CT molecular complexity index is 862. The topological polar surface area (TPSA) is 78.0 Å². The molecule has 3 rings (SSSR count). The maximum atomic E-state index is 12.1. The number of methoxy groups -OCH3 is 1. The number of hydrogen-bond donors (Lipinski definition) is 3. The van der Waals surface area contributed by atoms with Gasteiger partial charge < -0.3 is 25.6 Å². The molecule has 174 valence electrons. The molecule has 0 radical (unpaired) electrons. The van der Waals surface area contributed by atoms with E-state index in [9.17, 15) is 4.79 Å². The van der Waals surface area contributed by atoms with Gasteiger partial charge in [-0.3, -0.25) is 9.79 Å². The van der Waals surface area contributed by atoms with E-state index in [1.165, 1.54) is 0 Å². The molecule has 1 aliphatic heterocycles. The molecule has 1 saturated heterocycles. The number of benzene rings is 2. The first-order valence-corrected chi connectivity index (χ1v) is 10.9. The lowest BCUT2D eigenvalue weighted by atomic mass is 10.2. The molecule has 8 heteroatoms. The third-order valence-electron chi connectivity index (χ3n) is 5.24. The minimum atomic E-state index is 0. The average molecular weight is 551 g/mol. The van der Waals surface area contributed by atoms with Crippen molar-refractivity contribution in [3.05, 3.63) is 60.2 Å². The summed E-state index contributed by atoms with van der Waals surface area (Å²) < 4.78 is 5.50. The second-order valence-electron chi connectivity index (χ2n) is 7.52. The number of carbonyl (C=O) groups excluding carboxylic acids is 1. The van der Waals surface area contributed by atoms with Crippen LogP contribution in [0.5, 0.6) is 5.75 Å². The highest BCUT2D eigenvalue weighted by Crippen LogP contribution is 2.30. The normalized spacial score (nSPS) is 15.6. The van der Waals surface area contributed by atoms with Gasteiger partial charge in [0.15, 0.2) is 5.96 Å². The second kappa shape index (κ2) is 13.8. The number of carbonyl (C=O) groups is 1. The van der Waals surface area contributed by atoms with Gasteiger partial charge in [0, 0.05) is 38.6 Å². The highest BCUT2D eigenvalue weighted by atomic mass is 127.